The number of ketones is 2. The number of rotatable bonds is 7. The molecule has 0 aliphatic carbocycles. The molecule has 5 nitrogen and oxygen atoms in total. The summed E-state index contributed by atoms with van der Waals surface area (Å²) < 4.78 is 4.85. The first-order valence-corrected chi connectivity index (χ1v) is 7.84. The molecular formula is C18H16ClNO4. The van der Waals surface area contributed by atoms with Crippen LogP contribution in [-0.4, -0.2) is 29.1 Å². The Morgan fingerprint density at radius 2 is 1.58 bits per heavy atom. The fourth-order valence-corrected chi connectivity index (χ4v) is 2.16. The second-order valence-corrected chi connectivity index (χ2v) is 5.44. The number of aromatic nitrogens is 1. The summed E-state index contributed by atoms with van der Waals surface area (Å²) in [5.41, 5.74) is 1.01. The highest BCUT2D eigenvalue weighted by atomic mass is 35.5. The highest BCUT2D eigenvalue weighted by Gasteiger charge is 2.13. The van der Waals surface area contributed by atoms with E-state index in [1.165, 1.54) is 18.3 Å². The van der Waals surface area contributed by atoms with Gasteiger partial charge in [0.15, 0.2) is 11.6 Å². The summed E-state index contributed by atoms with van der Waals surface area (Å²) in [4.78, 5) is 39.6. The third-order valence-electron chi connectivity index (χ3n) is 3.31. The lowest BCUT2D eigenvalue weighted by Crippen LogP contribution is -2.09. The molecule has 1 heterocycles. The normalized spacial score (nSPS) is 10.2. The van der Waals surface area contributed by atoms with E-state index in [2.05, 4.69) is 4.98 Å². The van der Waals surface area contributed by atoms with Crippen molar-refractivity contribution in [2.24, 2.45) is 0 Å². The Balaban J connectivity index is 1.93. The molecule has 1 aromatic carbocycles. The van der Waals surface area contributed by atoms with Gasteiger partial charge < -0.3 is 4.74 Å². The van der Waals surface area contributed by atoms with Crippen molar-refractivity contribution >= 4 is 29.1 Å². The van der Waals surface area contributed by atoms with Gasteiger partial charge >= 0.3 is 5.97 Å². The molecule has 124 valence electrons. The van der Waals surface area contributed by atoms with Crippen LogP contribution in [0, 0.1) is 0 Å². The second-order valence-electron chi connectivity index (χ2n) is 5.01. The van der Waals surface area contributed by atoms with Crippen molar-refractivity contribution in [3.63, 3.8) is 0 Å². The lowest BCUT2D eigenvalue weighted by molar-refractivity contribution is 0.0525. The van der Waals surface area contributed by atoms with Crippen LogP contribution in [0.3, 0.4) is 0 Å². The van der Waals surface area contributed by atoms with Crippen LogP contribution >= 0.6 is 11.6 Å². The first kappa shape index (κ1) is 17.8. The van der Waals surface area contributed by atoms with Crippen LogP contribution < -0.4 is 0 Å². The third-order valence-corrected chi connectivity index (χ3v) is 3.56. The Bertz CT molecular complexity index is 739. The van der Waals surface area contributed by atoms with Gasteiger partial charge in [0.1, 0.15) is 5.69 Å². The molecule has 0 atom stereocenters. The number of esters is 1. The maximum absolute atomic E-state index is 12.1. The maximum Gasteiger partial charge on any atom is 0.339 e. The summed E-state index contributed by atoms with van der Waals surface area (Å²) in [6.45, 7) is 1.98. The number of benzene rings is 1. The van der Waals surface area contributed by atoms with E-state index < -0.39 is 5.97 Å². The zero-order valence-electron chi connectivity index (χ0n) is 13.1. The molecule has 0 unspecified atom stereocenters. The molecule has 1 aromatic heterocycles. The minimum Gasteiger partial charge on any atom is -0.462 e. The van der Waals surface area contributed by atoms with E-state index in [-0.39, 0.29) is 42.3 Å². The van der Waals surface area contributed by atoms with Gasteiger partial charge in [0.25, 0.3) is 0 Å². The third kappa shape index (κ3) is 4.73. The average Bonchev–Trinajstić information content (AvgIpc) is 2.60. The van der Waals surface area contributed by atoms with Crippen LogP contribution in [-0.2, 0) is 4.74 Å². The topological polar surface area (TPSA) is 73.3 Å². The van der Waals surface area contributed by atoms with Crippen LogP contribution in [0.25, 0.3) is 0 Å². The molecule has 0 spiro atoms. The monoisotopic (exact) mass is 345 g/mol. The van der Waals surface area contributed by atoms with E-state index in [0.29, 0.717) is 10.6 Å². The van der Waals surface area contributed by atoms with Crippen LogP contribution in [0.1, 0.15) is 51.0 Å². The van der Waals surface area contributed by atoms with Gasteiger partial charge in [-0.25, -0.2) is 4.79 Å². The summed E-state index contributed by atoms with van der Waals surface area (Å²) in [5, 5.41) is 0.550. The lowest BCUT2D eigenvalue weighted by Gasteiger charge is -2.03. The maximum atomic E-state index is 12.1. The van der Waals surface area contributed by atoms with E-state index >= 15 is 0 Å². The predicted octanol–water partition coefficient (Wildman–Crippen LogP) is 3.76. The number of ether oxygens (including phenoxy) is 1. The van der Waals surface area contributed by atoms with Gasteiger partial charge in [0, 0.05) is 29.6 Å². The molecule has 0 aliphatic heterocycles. The van der Waals surface area contributed by atoms with Gasteiger partial charge in [-0.15, -0.1) is 0 Å². The molecule has 0 N–H and O–H groups in total. The molecule has 2 aromatic rings. The molecule has 0 aliphatic rings. The van der Waals surface area contributed by atoms with Gasteiger partial charge in [-0.3, -0.25) is 14.6 Å². The Morgan fingerprint density at radius 1 is 0.958 bits per heavy atom. The fourth-order valence-electron chi connectivity index (χ4n) is 2.03. The molecule has 24 heavy (non-hydrogen) atoms. The van der Waals surface area contributed by atoms with Crippen LogP contribution in [0.2, 0.25) is 5.02 Å². The Morgan fingerprint density at radius 3 is 2.17 bits per heavy atom. The predicted molar refractivity (Wildman–Crippen MR) is 89.5 cm³/mol. The number of nitrogens with zero attached hydrogens (tertiary/aromatic N) is 1. The first-order chi connectivity index (χ1) is 11.5. The summed E-state index contributed by atoms with van der Waals surface area (Å²) in [6.07, 6.45) is 1.43. The highest BCUT2D eigenvalue weighted by Crippen LogP contribution is 2.13. The molecule has 0 bridgehead atoms. The lowest BCUT2D eigenvalue weighted by atomic mass is 10.0. The smallest absolute Gasteiger partial charge is 0.339 e. The fraction of sp³-hybridized carbons (Fsp3) is 0.222. The van der Waals surface area contributed by atoms with E-state index in [4.69, 9.17) is 16.3 Å². The second kappa shape index (κ2) is 8.36. The van der Waals surface area contributed by atoms with Crippen LogP contribution in [0.5, 0.6) is 0 Å². The van der Waals surface area contributed by atoms with Crippen molar-refractivity contribution in [3.8, 4) is 0 Å². The van der Waals surface area contributed by atoms with Gasteiger partial charge in [-0.1, -0.05) is 11.6 Å². The molecule has 6 heteroatoms. The van der Waals surface area contributed by atoms with Crippen molar-refractivity contribution in [1.82, 2.24) is 4.98 Å². The quantitative estimate of drug-likeness (QED) is 0.564. The molecular weight excluding hydrogens is 330 g/mol. The number of carbonyl (C=O) groups excluding carboxylic acids is 3. The summed E-state index contributed by atoms with van der Waals surface area (Å²) >= 11 is 5.77. The number of halogens is 1. The van der Waals surface area contributed by atoms with Crippen molar-refractivity contribution < 1.29 is 19.1 Å². The summed E-state index contributed by atoms with van der Waals surface area (Å²) in [7, 11) is 0. The highest BCUT2D eigenvalue weighted by molar-refractivity contribution is 6.30. The zero-order valence-corrected chi connectivity index (χ0v) is 13.9. The summed E-state index contributed by atoms with van der Waals surface area (Å²) in [6, 6.07) is 9.46. The van der Waals surface area contributed by atoms with E-state index in [0.717, 1.165) is 0 Å². The average molecular weight is 346 g/mol. The molecule has 2 rings (SSSR count). The van der Waals surface area contributed by atoms with Gasteiger partial charge in [-0.05, 0) is 43.3 Å². The number of pyridine rings is 1. The van der Waals surface area contributed by atoms with Crippen LogP contribution in [0.4, 0.5) is 0 Å². The molecule has 0 saturated heterocycles. The van der Waals surface area contributed by atoms with Gasteiger partial charge in [0.2, 0.25) is 0 Å². The Kier molecular flexibility index (Phi) is 6.21. The molecule has 0 amide bonds. The first-order valence-electron chi connectivity index (χ1n) is 7.46. The van der Waals surface area contributed by atoms with Gasteiger partial charge in [-0.2, -0.15) is 0 Å². The largest absolute Gasteiger partial charge is 0.462 e. The van der Waals surface area contributed by atoms with Crippen molar-refractivity contribution in [1.29, 1.82) is 0 Å². The van der Waals surface area contributed by atoms with Crippen molar-refractivity contribution in [2.75, 3.05) is 6.61 Å². The van der Waals surface area contributed by atoms with E-state index in [1.54, 1.807) is 31.2 Å². The molecule has 0 fully saturated rings. The number of Topliss-reactive ketones (excluding diaryl/α,β-unsaturated/α-hetero) is 2. The van der Waals surface area contributed by atoms with E-state index in [1.807, 2.05) is 0 Å². The molecule has 0 radical (unpaired) electrons. The number of hydrogen-bond acceptors (Lipinski definition) is 5. The van der Waals surface area contributed by atoms with Crippen molar-refractivity contribution in [3.05, 3.63) is 64.4 Å². The Labute approximate surface area is 144 Å². The SMILES string of the molecule is CCOC(=O)c1ccc(C(=O)CCC(=O)c2ccc(Cl)cc2)nc1. The molecule has 0 saturated carbocycles. The van der Waals surface area contributed by atoms with Gasteiger partial charge in [0.05, 0.1) is 12.2 Å². The zero-order chi connectivity index (χ0) is 17.5. The van der Waals surface area contributed by atoms with Crippen molar-refractivity contribution in [2.45, 2.75) is 19.8 Å². The minimum absolute atomic E-state index is 0.0488. The number of carbonyl (C=O) groups is 3. The van der Waals surface area contributed by atoms with Crippen LogP contribution in [0.15, 0.2) is 42.6 Å². The van der Waals surface area contributed by atoms with E-state index in [9.17, 15) is 14.4 Å². The minimum atomic E-state index is -0.484. The number of hydrogen-bond donors (Lipinski definition) is 0. The standard InChI is InChI=1S/C18H16ClNO4/c1-2-24-18(23)13-5-8-15(20-11-13)17(22)10-9-16(21)12-3-6-14(19)7-4-12/h3-8,11H,2,9-10H2,1H3. The Hall–Kier alpha value is -2.53. The summed E-state index contributed by atoms with van der Waals surface area (Å²) in [5.74, 6) is -0.877.